The number of aromatic amines is 1. The lowest BCUT2D eigenvalue weighted by Crippen LogP contribution is -2.10. The molecule has 0 saturated carbocycles. The number of nitrogens with one attached hydrogen (secondary N) is 2. The molecule has 21 heavy (non-hydrogen) atoms. The van der Waals surface area contributed by atoms with Gasteiger partial charge in [-0.2, -0.15) is 0 Å². The van der Waals surface area contributed by atoms with Crippen LogP contribution in [-0.2, 0) is 13.0 Å². The molecule has 0 aliphatic heterocycles. The molecule has 0 spiro atoms. The van der Waals surface area contributed by atoms with Gasteiger partial charge in [-0.3, -0.25) is 4.79 Å². The van der Waals surface area contributed by atoms with E-state index in [0.29, 0.717) is 10.2 Å². The molecule has 1 heterocycles. The van der Waals surface area contributed by atoms with Crippen molar-refractivity contribution in [1.82, 2.24) is 15.3 Å². The summed E-state index contributed by atoms with van der Waals surface area (Å²) in [4.78, 5) is 20.0. The number of rotatable bonds is 6. The van der Waals surface area contributed by atoms with Crippen molar-refractivity contribution in [2.24, 2.45) is 0 Å². The molecule has 0 aliphatic carbocycles. The lowest BCUT2D eigenvalue weighted by molar-refractivity contribution is 0.799. The van der Waals surface area contributed by atoms with E-state index in [0.717, 1.165) is 35.5 Å². The highest BCUT2D eigenvalue weighted by Crippen LogP contribution is 2.30. The van der Waals surface area contributed by atoms with E-state index in [2.05, 4.69) is 22.2 Å². The number of halogens is 1. The van der Waals surface area contributed by atoms with Gasteiger partial charge in [-0.05, 0) is 31.2 Å². The van der Waals surface area contributed by atoms with Crippen molar-refractivity contribution in [2.45, 2.75) is 36.4 Å². The minimum Gasteiger partial charge on any atom is -0.316 e. The van der Waals surface area contributed by atoms with E-state index in [1.54, 1.807) is 6.07 Å². The van der Waals surface area contributed by atoms with Crippen LogP contribution < -0.4 is 10.9 Å². The number of hydrogen-bond donors (Lipinski definition) is 2. The Morgan fingerprint density at radius 3 is 2.90 bits per heavy atom. The first kappa shape index (κ1) is 16.1. The highest BCUT2D eigenvalue weighted by Gasteiger charge is 2.08. The molecule has 1 aromatic heterocycles. The van der Waals surface area contributed by atoms with Crippen LogP contribution in [0.3, 0.4) is 0 Å². The van der Waals surface area contributed by atoms with Crippen molar-refractivity contribution < 1.29 is 0 Å². The number of nitrogens with zero attached hydrogens (tertiary/aromatic N) is 1. The van der Waals surface area contributed by atoms with E-state index < -0.39 is 0 Å². The van der Waals surface area contributed by atoms with Crippen LogP contribution in [0.2, 0.25) is 5.02 Å². The minimum absolute atomic E-state index is 0.117. The molecule has 0 unspecified atom stereocenters. The maximum atomic E-state index is 11.7. The van der Waals surface area contributed by atoms with Crippen LogP contribution in [0.4, 0.5) is 0 Å². The fourth-order valence-corrected chi connectivity index (χ4v) is 3.20. The molecular formula is C15H18ClN3OS. The third-order valence-electron chi connectivity index (χ3n) is 2.88. The van der Waals surface area contributed by atoms with Crippen LogP contribution >= 0.6 is 23.4 Å². The van der Waals surface area contributed by atoms with Gasteiger partial charge in [0.1, 0.15) is 0 Å². The summed E-state index contributed by atoms with van der Waals surface area (Å²) in [5.74, 6) is 0. The topological polar surface area (TPSA) is 57.8 Å². The normalized spacial score (nSPS) is 10.8. The summed E-state index contributed by atoms with van der Waals surface area (Å²) >= 11 is 7.50. The number of aromatic nitrogens is 2. The van der Waals surface area contributed by atoms with Crippen LogP contribution in [0.15, 0.2) is 39.1 Å². The van der Waals surface area contributed by atoms with Crippen molar-refractivity contribution in [3.63, 3.8) is 0 Å². The zero-order valence-corrected chi connectivity index (χ0v) is 13.6. The fraction of sp³-hybridized carbons (Fsp3) is 0.333. The average Bonchev–Trinajstić information content (AvgIpc) is 2.42. The second-order valence-electron chi connectivity index (χ2n) is 4.68. The Bertz CT molecular complexity index is 672. The summed E-state index contributed by atoms with van der Waals surface area (Å²) in [5.41, 5.74) is 1.82. The van der Waals surface area contributed by atoms with Crippen LogP contribution in [0, 0.1) is 0 Å². The highest BCUT2D eigenvalue weighted by atomic mass is 35.5. The van der Waals surface area contributed by atoms with Crippen molar-refractivity contribution in [1.29, 1.82) is 0 Å². The lowest BCUT2D eigenvalue weighted by atomic mass is 10.2. The minimum atomic E-state index is -0.117. The summed E-state index contributed by atoms with van der Waals surface area (Å²) in [6, 6.07) is 7.29. The number of H-pyrrole nitrogens is 1. The van der Waals surface area contributed by atoms with Crippen molar-refractivity contribution in [3.05, 3.63) is 50.9 Å². The molecule has 0 aliphatic rings. The summed E-state index contributed by atoms with van der Waals surface area (Å²) in [6.45, 7) is 2.80. The summed E-state index contributed by atoms with van der Waals surface area (Å²) < 4.78 is 0. The Kier molecular flexibility index (Phi) is 5.85. The fourth-order valence-electron chi connectivity index (χ4n) is 1.98. The second kappa shape index (κ2) is 7.64. The third kappa shape index (κ3) is 4.59. The van der Waals surface area contributed by atoms with Gasteiger partial charge in [-0.1, -0.05) is 42.8 Å². The molecule has 2 N–H and O–H groups in total. The first-order valence-electron chi connectivity index (χ1n) is 6.83. The molecule has 4 nitrogen and oxygen atoms in total. The predicted octanol–water partition coefficient (Wildman–Crippen LogP) is 3.25. The molecule has 0 bridgehead atoms. The molecule has 0 atom stereocenters. The Balaban J connectivity index is 2.33. The second-order valence-corrected chi connectivity index (χ2v) is 6.14. The standard InChI is InChI=1S/C15H18ClN3OS/c1-3-4-12-8-14(20)19-15(18-12)21-13-7-11(16)6-5-10(13)9-17-2/h5-8,17H,3-4,9H2,1-2H3,(H,18,19,20). The third-order valence-corrected chi connectivity index (χ3v) is 4.10. The van der Waals surface area contributed by atoms with E-state index in [9.17, 15) is 4.79 Å². The molecular weight excluding hydrogens is 306 g/mol. The van der Waals surface area contributed by atoms with Crippen molar-refractivity contribution in [2.75, 3.05) is 7.05 Å². The Hall–Kier alpha value is -1.30. The van der Waals surface area contributed by atoms with E-state index in [-0.39, 0.29) is 5.56 Å². The first-order valence-corrected chi connectivity index (χ1v) is 8.03. The maximum Gasteiger partial charge on any atom is 0.251 e. The molecule has 2 aromatic rings. The van der Waals surface area contributed by atoms with Gasteiger partial charge in [0.25, 0.3) is 5.56 Å². The van der Waals surface area contributed by atoms with E-state index in [1.165, 1.54) is 11.8 Å². The van der Waals surface area contributed by atoms with Gasteiger partial charge < -0.3 is 10.3 Å². The zero-order chi connectivity index (χ0) is 15.2. The summed E-state index contributed by atoms with van der Waals surface area (Å²) in [6.07, 6.45) is 1.76. The van der Waals surface area contributed by atoms with Crippen molar-refractivity contribution in [3.8, 4) is 0 Å². The monoisotopic (exact) mass is 323 g/mol. The summed E-state index contributed by atoms with van der Waals surface area (Å²) in [5, 5.41) is 4.40. The summed E-state index contributed by atoms with van der Waals surface area (Å²) in [7, 11) is 1.89. The van der Waals surface area contributed by atoms with Crippen molar-refractivity contribution >= 4 is 23.4 Å². The smallest absolute Gasteiger partial charge is 0.251 e. The predicted molar refractivity (Wildman–Crippen MR) is 87.2 cm³/mol. The molecule has 0 fully saturated rings. The van der Waals surface area contributed by atoms with Gasteiger partial charge in [0, 0.05) is 28.2 Å². The van der Waals surface area contributed by atoms with E-state index in [1.807, 2.05) is 25.2 Å². The van der Waals surface area contributed by atoms with Crippen LogP contribution in [0.1, 0.15) is 24.6 Å². The quantitative estimate of drug-likeness (QED) is 0.801. The van der Waals surface area contributed by atoms with Gasteiger partial charge in [0.05, 0.1) is 0 Å². The number of aryl methyl sites for hydroxylation is 1. The number of benzene rings is 1. The highest BCUT2D eigenvalue weighted by molar-refractivity contribution is 7.99. The lowest BCUT2D eigenvalue weighted by Gasteiger charge is -2.09. The molecule has 0 radical (unpaired) electrons. The average molecular weight is 324 g/mol. The first-order chi connectivity index (χ1) is 10.1. The van der Waals surface area contributed by atoms with E-state index in [4.69, 9.17) is 11.6 Å². The number of hydrogen-bond acceptors (Lipinski definition) is 4. The van der Waals surface area contributed by atoms with Crippen LogP contribution in [0.5, 0.6) is 0 Å². The molecule has 2 rings (SSSR count). The molecule has 112 valence electrons. The largest absolute Gasteiger partial charge is 0.316 e. The SMILES string of the molecule is CCCc1cc(=O)[nH]c(Sc2cc(Cl)ccc2CNC)n1. The Morgan fingerprint density at radius 1 is 1.38 bits per heavy atom. The molecule has 6 heteroatoms. The van der Waals surface area contributed by atoms with Gasteiger partial charge in [0.15, 0.2) is 5.16 Å². The molecule has 0 saturated heterocycles. The van der Waals surface area contributed by atoms with E-state index >= 15 is 0 Å². The maximum absolute atomic E-state index is 11.7. The van der Waals surface area contributed by atoms with Crippen LogP contribution in [-0.4, -0.2) is 17.0 Å². The zero-order valence-electron chi connectivity index (χ0n) is 12.1. The van der Waals surface area contributed by atoms with Crippen LogP contribution in [0.25, 0.3) is 0 Å². The van der Waals surface area contributed by atoms with Gasteiger partial charge in [-0.15, -0.1) is 0 Å². The molecule has 1 aromatic carbocycles. The van der Waals surface area contributed by atoms with Gasteiger partial charge in [0.2, 0.25) is 0 Å². The Labute approximate surface area is 133 Å². The van der Waals surface area contributed by atoms with Gasteiger partial charge >= 0.3 is 0 Å². The molecule has 0 amide bonds. The Morgan fingerprint density at radius 2 is 2.19 bits per heavy atom. The van der Waals surface area contributed by atoms with Gasteiger partial charge in [-0.25, -0.2) is 4.98 Å².